The molecule has 0 spiro atoms. The van der Waals surface area contributed by atoms with Gasteiger partial charge in [-0.05, 0) is 50.4 Å². The van der Waals surface area contributed by atoms with E-state index in [2.05, 4.69) is 29.4 Å². The molecular formula is C25H27N3O2. The zero-order chi connectivity index (χ0) is 20.7. The van der Waals surface area contributed by atoms with Gasteiger partial charge in [0.1, 0.15) is 5.56 Å². The Morgan fingerprint density at radius 1 is 1.00 bits per heavy atom. The van der Waals surface area contributed by atoms with E-state index in [0.717, 1.165) is 23.9 Å². The maximum Gasteiger partial charge on any atom is 0.256 e. The summed E-state index contributed by atoms with van der Waals surface area (Å²) in [4.78, 5) is 28.7. The normalized spacial score (nSPS) is 23.6. The molecule has 5 heteroatoms. The van der Waals surface area contributed by atoms with Crippen LogP contribution in [0.3, 0.4) is 0 Å². The van der Waals surface area contributed by atoms with Gasteiger partial charge in [-0.3, -0.25) is 9.59 Å². The first-order valence-electron chi connectivity index (χ1n) is 10.8. The second-order valence-electron chi connectivity index (χ2n) is 8.69. The lowest BCUT2D eigenvalue weighted by molar-refractivity contribution is 0.0881. The molecule has 1 aromatic heterocycles. The van der Waals surface area contributed by atoms with Crippen molar-refractivity contribution in [1.82, 2.24) is 14.8 Å². The van der Waals surface area contributed by atoms with Gasteiger partial charge in [-0.15, -0.1) is 0 Å². The second-order valence-corrected chi connectivity index (χ2v) is 8.69. The highest BCUT2D eigenvalue weighted by Gasteiger charge is 2.39. The largest absolute Gasteiger partial charge is 0.349 e. The molecule has 0 saturated carbocycles. The highest BCUT2D eigenvalue weighted by atomic mass is 16.2. The molecule has 3 aromatic rings. The van der Waals surface area contributed by atoms with E-state index in [1.807, 2.05) is 47.0 Å². The van der Waals surface area contributed by atoms with Gasteiger partial charge < -0.3 is 14.8 Å². The van der Waals surface area contributed by atoms with Gasteiger partial charge in [0.25, 0.3) is 5.91 Å². The molecule has 2 fully saturated rings. The lowest BCUT2D eigenvalue weighted by Gasteiger charge is -2.36. The fourth-order valence-electron chi connectivity index (χ4n) is 5.21. The summed E-state index contributed by atoms with van der Waals surface area (Å²) in [5.74, 6) is -0.249. The van der Waals surface area contributed by atoms with Crippen molar-refractivity contribution in [3.8, 4) is 0 Å². The van der Waals surface area contributed by atoms with Crippen molar-refractivity contribution in [2.24, 2.45) is 0 Å². The summed E-state index contributed by atoms with van der Waals surface area (Å²) in [5.41, 5.74) is 2.02. The lowest BCUT2D eigenvalue weighted by Crippen LogP contribution is -2.49. The third-order valence-electron chi connectivity index (χ3n) is 6.86. The number of aromatic nitrogens is 1. The Bertz CT molecular complexity index is 1120. The highest BCUT2D eigenvalue weighted by molar-refractivity contribution is 5.97. The van der Waals surface area contributed by atoms with Crippen LogP contribution in [0, 0.1) is 0 Å². The monoisotopic (exact) mass is 401 g/mol. The van der Waals surface area contributed by atoms with Crippen molar-refractivity contribution in [1.29, 1.82) is 0 Å². The van der Waals surface area contributed by atoms with Crippen LogP contribution >= 0.6 is 0 Å². The second kappa shape index (κ2) is 7.73. The Morgan fingerprint density at radius 3 is 2.40 bits per heavy atom. The summed E-state index contributed by atoms with van der Waals surface area (Å²) in [6, 6.07) is 18.9. The molecule has 2 aromatic carbocycles. The Kier molecular flexibility index (Phi) is 4.91. The number of pyridine rings is 1. The number of fused-ring (bicyclic) bond motifs is 3. The minimum absolute atomic E-state index is 0.139. The van der Waals surface area contributed by atoms with Crippen molar-refractivity contribution in [2.75, 3.05) is 7.05 Å². The molecule has 0 aliphatic carbocycles. The Morgan fingerprint density at radius 2 is 1.67 bits per heavy atom. The number of para-hydroxylation sites is 1. The quantitative estimate of drug-likeness (QED) is 0.729. The van der Waals surface area contributed by atoms with E-state index in [0.29, 0.717) is 24.0 Å². The topological polar surface area (TPSA) is 54.3 Å². The molecule has 5 nitrogen and oxygen atoms in total. The molecule has 154 valence electrons. The Balaban J connectivity index is 1.47. The molecule has 1 N–H and O–H groups in total. The summed E-state index contributed by atoms with van der Waals surface area (Å²) in [6.07, 6.45) is 6.06. The van der Waals surface area contributed by atoms with Crippen molar-refractivity contribution < 1.29 is 4.79 Å². The first kappa shape index (κ1) is 19.1. The number of carbonyl (C=O) groups excluding carboxylic acids is 1. The average Bonchev–Trinajstić information content (AvgIpc) is 2.97. The molecule has 2 saturated heterocycles. The van der Waals surface area contributed by atoms with Crippen LogP contribution in [-0.4, -0.2) is 40.5 Å². The zero-order valence-electron chi connectivity index (χ0n) is 17.3. The van der Waals surface area contributed by atoms with E-state index in [9.17, 15) is 9.59 Å². The van der Waals surface area contributed by atoms with E-state index in [1.165, 1.54) is 12.8 Å². The van der Waals surface area contributed by atoms with Gasteiger partial charge in [0.2, 0.25) is 5.43 Å². The molecule has 1 amide bonds. The van der Waals surface area contributed by atoms with Gasteiger partial charge in [0.05, 0.1) is 5.52 Å². The lowest BCUT2D eigenvalue weighted by atomic mass is 9.97. The summed E-state index contributed by atoms with van der Waals surface area (Å²) in [7, 11) is 2.19. The van der Waals surface area contributed by atoms with E-state index < -0.39 is 0 Å². The van der Waals surface area contributed by atoms with Gasteiger partial charge in [-0.25, -0.2) is 0 Å². The molecule has 0 radical (unpaired) electrons. The highest BCUT2D eigenvalue weighted by Crippen LogP contribution is 2.34. The number of benzene rings is 2. The molecule has 2 aliphatic rings. The maximum atomic E-state index is 13.2. The predicted molar refractivity (Wildman–Crippen MR) is 119 cm³/mol. The van der Waals surface area contributed by atoms with E-state index in [4.69, 9.17) is 0 Å². The Labute approximate surface area is 176 Å². The predicted octanol–water partition coefficient (Wildman–Crippen LogP) is 3.40. The maximum absolute atomic E-state index is 13.2. The molecule has 2 aliphatic heterocycles. The van der Waals surface area contributed by atoms with Gasteiger partial charge >= 0.3 is 0 Å². The molecule has 2 unspecified atom stereocenters. The minimum atomic E-state index is -0.249. The molecule has 30 heavy (non-hydrogen) atoms. The van der Waals surface area contributed by atoms with Crippen molar-refractivity contribution in [2.45, 2.75) is 50.4 Å². The minimum Gasteiger partial charge on any atom is -0.349 e. The fourth-order valence-corrected chi connectivity index (χ4v) is 5.21. The van der Waals surface area contributed by atoms with E-state index >= 15 is 0 Å². The first-order valence-corrected chi connectivity index (χ1v) is 10.8. The first-order chi connectivity index (χ1) is 14.6. The number of hydrogen-bond acceptors (Lipinski definition) is 3. The molecule has 3 heterocycles. The van der Waals surface area contributed by atoms with Gasteiger partial charge in [0, 0.05) is 36.3 Å². The summed E-state index contributed by atoms with van der Waals surface area (Å²) >= 11 is 0. The SMILES string of the molecule is CN1C2CCC1CC(NC(=O)c1cn(Cc3ccccc3)c3ccccc3c1=O)C2. The van der Waals surface area contributed by atoms with Crippen LogP contribution in [0.5, 0.6) is 0 Å². The van der Waals surface area contributed by atoms with Crippen molar-refractivity contribution in [3.63, 3.8) is 0 Å². The summed E-state index contributed by atoms with van der Waals surface area (Å²) in [5, 5.41) is 3.76. The zero-order valence-corrected chi connectivity index (χ0v) is 17.3. The molecular weight excluding hydrogens is 374 g/mol. The van der Waals surface area contributed by atoms with Crippen LogP contribution in [0.15, 0.2) is 65.6 Å². The van der Waals surface area contributed by atoms with Crippen molar-refractivity contribution >= 4 is 16.8 Å². The third kappa shape index (κ3) is 3.43. The number of hydrogen-bond donors (Lipinski definition) is 1. The van der Waals surface area contributed by atoms with Crippen LogP contribution in [0.1, 0.15) is 41.6 Å². The number of nitrogens with zero attached hydrogens (tertiary/aromatic N) is 2. The molecule has 5 rings (SSSR count). The van der Waals surface area contributed by atoms with Crippen LogP contribution in [-0.2, 0) is 6.54 Å². The summed E-state index contributed by atoms with van der Waals surface area (Å²) < 4.78 is 2.01. The standard InChI is InChI=1S/C25H27N3O2/c1-27-19-11-12-20(27)14-18(13-19)26-25(30)22-16-28(15-17-7-3-2-4-8-17)23-10-6-5-9-21(23)24(22)29/h2-10,16,18-20H,11-15H2,1H3,(H,26,30). The molecule has 2 bridgehead atoms. The van der Waals surface area contributed by atoms with Crippen LogP contribution in [0.2, 0.25) is 0 Å². The third-order valence-corrected chi connectivity index (χ3v) is 6.86. The van der Waals surface area contributed by atoms with Gasteiger partial charge in [0.15, 0.2) is 0 Å². The van der Waals surface area contributed by atoms with E-state index in [-0.39, 0.29) is 22.9 Å². The van der Waals surface area contributed by atoms with E-state index in [1.54, 1.807) is 6.20 Å². The van der Waals surface area contributed by atoms with Gasteiger partial charge in [-0.1, -0.05) is 42.5 Å². The smallest absolute Gasteiger partial charge is 0.256 e. The Hall–Kier alpha value is -2.92. The fraction of sp³-hybridized carbons (Fsp3) is 0.360. The number of rotatable bonds is 4. The molecule has 2 atom stereocenters. The number of nitrogens with one attached hydrogen (secondary N) is 1. The number of carbonyl (C=O) groups is 1. The van der Waals surface area contributed by atoms with Crippen LogP contribution < -0.4 is 10.7 Å². The average molecular weight is 402 g/mol. The summed E-state index contributed by atoms with van der Waals surface area (Å²) in [6.45, 7) is 0.611. The van der Waals surface area contributed by atoms with Crippen LogP contribution in [0.4, 0.5) is 0 Å². The van der Waals surface area contributed by atoms with Crippen LogP contribution in [0.25, 0.3) is 10.9 Å². The number of piperidine rings is 1. The van der Waals surface area contributed by atoms with Gasteiger partial charge in [-0.2, -0.15) is 0 Å². The van der Waals surface area contributed by atoms with Crippen molar-refractivity contribution in [3.05, 3.63) is 82.1 Å². The number of amides is 1.